The van der Waals surface area contributed by atoms with Crippen molar-refractivity contribution in [2.75, 3.05) is 6.61 Å². The van der Waals surface area contributed by atoms with Crippen molar-refractivity contribution in [1.82, 2.24) is 0 Å². The zero-order chi connectivity index (χ0) is 7.78. The predicted octanol–water partition coefficient (Wildman–Crippen LogP) is 0.886. The number of carboxylic acids is 1. The molecule has 1 rings (SSSR count). The summed E-state index contributed by atoms with van der Waals surface area (Å²) in [4.78, 5) is 10.5. The number of hydrogen-bond donors (Lipinski definition) is 1. The summed E-state index contributed by atoms with van der Waals surface area (Å²) in [6.45, 7) is 4.40. The van der Waals surface area contributed by atoms with Gasteiger partial charge in [-0.15, -0.1) is 0 Å². The summed E-state index contributed by atoms with van der Waals surface area (Å²) in [5, 5.41) is 8.62. The Morgan fingerprint density at radius 1 is 1.70 bits per heavy atom. The molecule has 1 atom stereocenters. The van der Waals surface area contributed by atoms with E-state index in [9.17, 15) is 4.79 Å². The minimum Gasteiger partial charge on any atom is -0.479 e. The van der Waals surface area contributed by atoms with E-state index >= 15 is 0 Å². The Labute approximate surface area is 60.0 Å². The lowest BCUT2D eigenvalue weighted by Crippen LogP contribution is -2.32. The van der Waals surface area contributed by atoms with Gasteiger partial charge in [-0.3, -0.25) is 0 Å². The van der Waals surface area contributed by atoms with Gasteiger partial charge in [0.05, 0.1) is 0 Å². The lowest BCUT2D eigenvalue weighted by molar-refractivity contribution is -0.151. The Kier molecular flexibility index (Phi) is 1.68. The quantitative estimate of drug-likeness (QED) is 0.594. The number of carboxylic acid groups (broad SMARTS) is 1. The standard InChI is InChI=1S/C7H12O3/c1-7(2)3-4-10-5(7)6(8)9/h5H,3-4H2,1-2H3,(H,8,9). The molecule has 0 radical (unpaired) electrons. The van der Waals surface area contributed by atoms with Crippen molar-refractivity contribution < 1.29 is 14.6 Å². The van der Waals surface area contributed by atoms with Crippen LogP contribution in [0.2, 0.25) is 0 Å². The average molecular weight is 144 g/mol. The Bertz CT molecular complexity index is 151. The van der Waals surface area contributed by atoms with E-state index in [1.165, 1.54) is 0 Å². The molecule has 0 aliphatic carbocycles. The van der Waals surface area contributed by atoms with Gasteiger partial charge in [0.15, 0.2) is 6.10 Å². The molecule has 10 heavy (non-hydrogen) atoms. The van der Waals surface area contributed by atoms with Crippen LogP contribution in [-0.2, 0) is 9.53 Å². The van der Waals surface area contributed by atoms with Crippen molar-refractivity contribution in [2.45, 2.75) is 26.4 Å². The summed E-state index contributed by atoms with van der Waals surface area (Å²) >= 11 is 0. The third-order valence-corrected chi connectivity index (χ3v) is 1.96. The second-order valence-electron chi connectivity index (χ2n) is 3.33. The first-order valence-electron chi connectivity index (χ1n) is 3.38. The zero-order valence-electron chi connectivity index (χ0n) is 6.26. The molecule has 58 valence electrons. The first kappa shape index (κ1) is 7.54. The summed E-state index contributed by atoms with van der Waals surface area (Å²) < 4.78 is 5.03. The van der Waals surface area contributed by atoms with Crippen molar-refractivity contribution in [3.8, 4) is 0 Å². The molecule has 1 saturated heterocycles. The van der Waals surface area contributed by atoms with Gasteiger partial charge in [0.25, 0.3) is 0 Å². The van der Waals surface area contributed by atoms with Crippen LogP contribution in [0.4, 0.5) is 0 Å². The molecule has 1 fully saturated rings. The molecule has 0 aromatic heterocycles. The molecule has 0 aromatic rings. The summed E-state index contributed by atoms with van der Waals surface area (Å²) in [5.41, 5.74) is -0.189. The van der Waals surface area contributed by atoms with E-state index in [-0.39, 0.29) is 5.41 Å². The van der Waals surface area contributed by atoms with Gasteiger partial charge >= 0.3 is 5.97 Å². The second kappa shape index (κ2) is 2.23. The van der Waals surface area contributed by atoms with E-state index in [1.807, 2.05) is 13.8 Å². The number of rotatable bonds is 1. The third-order valence-electron chi connectivity index (χ3n) is 1.96. The normalized spacial score (nSPS) is 30.4. The molecule has 0 aromatic carbocycles. The van der Waals surface area contributed by atoms with Crippen molar-refractivity contribution in [3.05, 3.63) is 0 Å². The Morgan fingerprint density at radius 2 is 2.30 bits per heavy atom. The van der Waals surface area contributed by atoms with Gasteiger partial charge in [-0.2, -0.15) is 0 Å². The van der Waals surface area contributed by atoms with Crippen molar-refractivity contribution >= 4 is 5.97 Å². The molecule has 1 heterocycles. The summed E-state index contributed by atoms with van der Waals surface area (Å²) in [6, 6.07) is 0. The van der Waals surface area contributed by atoms with Gasteiger partial charge < -0.3 is 9.84 Å². The Hall–Kier alpha value is -0.570. The monoisotopic (exact) mass is 144 g/mol. The molecule has 3 heteroatoms. The van der Waals surface area contributed by atoms with Crippen LogP contribution in [-0.4, -0.2) is 23.8 Å². The summed E-state index contributed by atoms with van der Waals surface area (Å²) in [7, 11) is 0. The van der Waals surface area contributed by atoms with Crippen molar-refractivity contribution in [2.24, 2.45) is 5.41 Å². The SMILES string of the molecule is CC1(C)CCOC1C(=O)O. The fraction of sp³-hybridized carbons (Fsp3) is 0.857. The molecule has 1 N–H and O–H groups in total. The molecule has 1 unspecified atom stereocenters. The van der Waals surface area contributed by atoms with Crippen LogP contribution < -0.4 is 0 Å². The van der Waals surface area contributed by atoms with E-state index in [0.29, 0.717) is 6.61 Å². The number of hydrogen-bond acceptors (Lipinski definition) is 2. The molecule has 0 spiro atoms. The highest BCUT2D eigenvalue weighted by molar-refractivity contribution is 5.73. The lowest BCUT2D eigenvalue weighted by atomic mass is 9.86. The number of ether oxygens (including phenoxy) is 1. The first-order valence-corrected chi connectivity index (χ1v) is 3.38. The predicted molar refractivity (Wildman–Crippen MR) is 35.8 cm³/mol. The molecule has 0 amide bonds. The van der Waals surface area contributed by atoms with Crippen molar-refractivity contribution in [3.63, 3.8) is 0 Å². The van der Waals surface area contributed by atoms with Crippen LogP contribution in [0.3, 0.4) is 0 Å². The van der Waals surface area contributed by atoms with Gasteiger partial charge in [-0.1, -0.05) is 13.8 Å². The maximum absolute atomic E-state index is 10.5. The minimum absolute atomic E-state index is 0.189. The van der Waals surface area contributed by atoms with E-state index in [0.717, 1.165) is 6.42 Å². The molecular formula is C7H12O3. The highest BCUT2D eigenvalue weighted by Crippen LogP contribution is 2.33. The van der Waals surface area contributed by atoms with Crippen LogP contribution in [0.5, 0.6) is 0 Å². The molecule has 1 aliphatic rings. The number of carbonyl (C=O) groups is 1. The maximum Gasteiger partial charge on any atom is 0.333 e. The van der Waals surface area contributed by atoms with Gasteiger partial charge in [0, 0.05) is 12.0 Å². The topological polar surface area (TPSA) is 46.5 Å². The highest BCUT2D eigenvalue weighted by atomic mass is 16.5. The van der Waals surface area contributed by atoms with Crippen LogP contribution >= 0.6 is 0 Å². The fourth-order valence-electron chi connectivity index (χ4n) is 1.20. The van der Waals surface area contributed by atoms with E-state index in [2.05, 4.69) is 0 Å². The second-order valence-corrected chi connectivity index (χ2v) is 3.33. The van der Waals surface area contributed by atoms with Gasteiger partial charge in [0.1, 0.15) is 0 Å². The molecular weight excluding hydrogens is 132 g/mol. The van der Waals surface area contributed by atoms with Crippen LogP contribution in [0, 0.1) is 5.41 Å². The summed E-state index contributed by atoms with van der Waals surface area (Å²) in [6.07, 6.45) is 0.233. The Morgan fingerprint density at radius 3 is 2.50 bits per heavy atom. The third kappa shape index (κ3) is 1.14. The molecule has 1 aliphatic heterocycles. The van der Waals surface area contributed by atoms with Crippen molar-refractivity contribution in [1.29, 1.82) is 0 Å². The van der Waals surface area contributed by atoms with Crippen LogP contribution in [0.1, 0.15) is 20.3 Å². The van der Waals surface area contributed by atoms with Gasteiger partial charge in [0.2, 0.25) is 0 Å². The van der Waals surface area contributed by atoms with E-state index in [4.69, 9.17) is 9.84 Å². The first-order chi connectivity index (χ1) is 4.54. The smallest absolute Gasteiger partial charge is 0.333 e. The summed E-state index contributed by atoms with van der Waals surface area (Å²) in [5.74, 6) is -0.845. The fourth-order valence-corrected chi connectivity index (χ4v) is 1.20. The maximum atomic E-state index is 10.5. The van der Waals surface area contributed by atoms with Crippen LogP contribution in [0.25, 0.3) is 0 Å². The molecule has 3 nitrogen and oxygen atoms in total. The largest absolute Gasteiger partial charge is 0.479 e. The average Bonchev–Trinajstić information content (AvgIpc) is 2.08. The molecule has 0 saturated carbocycles. The Balaban J connectivity index is 2.68. The number of aliphatic carboxylic acids is 1. The molecule has 0 bridgehead atoms. The van der Waals surface area contributed by atoms with Gasteiger partial charge in [-0.05, 0) is 6.42 Å². The lowest BCUT2D eigenvalue weighted by Gasteiger charge is -2.20. The van der Waals surface area contributed by atoms with Gasteiger partial charge in [-0.25, -0.2) is 4.79 Å². The zero-order valence-corrected chi connectivity index (χ0v) is 6.26. The van der Waals surface area contributed by atoms with Crippen LogP contribution in [0.15, 0.2) is 0 Å². The highest BCUT2D eigenvalue weighted by Gasteiger charge is 2.40. The van der Waals surface area contributed by atoms with E-state index in [1.54, 1.807) is 0 Å². The minimum atomic E-state index is -0.845. The van der Waals surface area contributed by atoms with E-state index < -0.39 is 12.1 Å².